The first-order valence-corrected chi connectivity index (χ1v) is 10.5. The van der Waals surface area contributed by atoms with Crippen LogP contribution in [0.2, 0.25) is 0 Å². The zero-order chi connectivity index (χ0) is 17.0. The summed E-state index contributed by atoms with van der Waals surface area (Å²) < 4.78 is 0. The van der Waals surface area contributed by atoms with Gasteiger partial charge >= 0.3 is 0 Å². The van der Waals surface area contributed by atoms with Gasteiger partial charge in [-0.25, -0.2) is 0 Å². The van der Waals surface area contributed by atoms with Crippen molar-refractivity contribution >= 4 is 41.7 Å². The van der Waals surface area contributed by atoms with Crippen molar-refractivity contribution < 1.29 is 0 Å². The molecule has 1 aromatic carbocycles. The molecule has 25 heavy (non-hydrogen) atoms. The van der Waals surface area contributed by atoms with Gasteiger partial charge in [0.25, 0.3) is 0 Å². The molecule has 0 spiro atoms. The van der Waals surface area contributed by atoms with Gasteiger partial charge in [0.15, 0.2) is 5.96 Å². The van der Waals surface area contributed by atoms with E-state index in [4.69, 9.17) is 4.99 Å². The van der Waals surface area contributed by atoms with Crippen molar-refractivity contribution in [3.05, 3.63) is 35.9 Å². The molecular formula is C19H33IN4S. The Bertz CT molecular complexity index is 478. The summed E-state index contributed by atoms with van der Waals surface area (Å²) in [4.78, 5) is 7.46. The third-order valence-corrected chi connectivity index (χ3v) is 5.05. The molecule has 1 fully saturated rings. The van der Waals surface area contributed by atoms with E-state index in [9.17, 15) is 0 Å². The van der Waals surface area contributed by atoms with Gasteiger partial charge in [0.05, 0.1) is 12.6 Å². The number of guanidine groups is 1. The van der Waals surface area contributed by atoms with Crippen molar-refractivity contribution in [3.8, 4) is 0 Å². The van der Waals surface area contributed by atoms with Crippen LogP contribution in [0.15, 0.2) is 35.3 Å². The Hall–Kier alpha value is -0.470. The van der Waals surface area contributed by atoms with Gasteiger partial charge < -0.3 is 10.6 Å². The topological polar surface area (TPSA) is 39.7 Å². The largest absolute Gasteiger partial charge is 0.357 e. The van der Waals surface area contributed by atoms with Crippen LogP contribution < -0.4 is 10.6 Å². The molecule has 4 nitrogen and oxygen atoms in total. The number of aliphatic imine (C=N–C) groups is 1. The van der Waals surface area contributed by atoms with Crippen LogP contribution >= 0.6 is 35.7 Å². The molecule has 142 valence electrons. The normalized spacial score (nSPS) is 16.3. The van der Waals surface area contributed by atoms with Crippen LogP contribution in [0, 0.1) is 0 Å². The Balaban J connectivity index is 0.00000312. The molecule has 2 N–H and O–H groups in total. The van der Waals surface area contributed by atoms with E-state index in [2.05, 4.69) is 59.0 Å². The first-order chi connectivity index (χ1) is 11.8. The molecule has 6 heteroatoms. The van der Waals surface area contributed by atoms with Gasteiger partial charge in [-0.05, 0) is 56.8 Å². The number of nitrogens with one attached hydrogen (secondary N) is 2. The third kappa shape index (κ3) is 8.17. The molecular weight excluding hydrogens is 443 g/mol. The van der Waals surface area contributed by atoms with Gasteiger partial charge in [-0.2, -0.15) is 11.8 Å². The van der Waals surface area contributed by atoms with Crippen LogP contribution in [-0.2, 0) is 0 Å². The second-order valence-corrected chi connectivity index (χ2v) is 7.15. The fourth-order valence-electron chi connectivity index (χ4n) is 3.10. The Labute approximate surface area is 174 Å². The minimum atomic E-state index is 0. The van der Waals surface area contributed by atoms with Crippen molar-refractivity contribution in [2.45, 2.75) is 32.2 Å². The second-order valence-electron chi connectivity index (χ2n) is 6.16. The van der Waals surface area contributed by atoms with E-state index in [0.29, 0.717) is 6.04 Å². The van der Waals surface area contributed by atoms with E-state index in [1.54, 1.807) is 0 Å². The maximum atomic E-state index is 4.88. The summed E-state index contributed by atoms with van der Waals surface area (Å²) in [6.45, 7) is 7.18. The fraction of sp³-hybridized carbons (Fsp3) is 0.632. The molecule has 0 aliphatic carbocycles. The summed E-state index contributed by atoms with van der Waals surface area (Å²) in [7, 11) is 0. The lowest BCUT2D eigenvalue weighted by Gasteiger charge is -2.27. The Morgan fingerprint density at radius 3 is 2.56 bits per heavy atom. The van der Waals surface area contributed by atoms with Crippen LogP contribution in [0.3, 0.4) is 0 Å². The van der Waals surface area contributed by atoms with Crippen molar-refractivity contribution in [1.29, 1.82) is 0 Å². The van der Waals surface area contributed by atoms with Gasteiger partial charge in [-0.15, -0.1) is 24.0 Å². The smallest absolute Gasteiger partial charge is 0.191 e. The molecule has 1 unspecified atom stereocenters. The average molecular weight is 476 g/mol. The predicted octanol–water partition coefficient (Wildman–Crippen LogP) is 3.75. The van der Waals surface area contributed by atoms with E-state index < -0.39 is 0 Å². The number of benzene rings is 1. The zero-order valence-electron chi connectivity index (χ0n) is 15.5. The highest BCUT2D eigenvalue weighted by Gasteiger charge is 2.23. The SMILES string of the molecule is CCNC(=NCC(c1ccccc1)N1CCCC1)NCCCSC.I. The van der Waals surface area contributed by atoms with Gasteiger partial charge in [-0.1, -0.05) is 30.3 Å². The van der Waals surface area contributed by atoms with Gasteiger partial charge in [0.2, 0.25) is 0 Å². The molecule has 0 amide bonds. The maximum absolute atomic E-state index is 4.88. The van der Waals surface area contributed by atoms with E-state index >= 15 is 0 Å². The summed E-state index contributed by atoms with van der Waals surface area (Å²) >= 11 is 1.89. The summed E-state index contributed by atoms with van der Waals surface area (Å²) in [5, 5.41) is 6.83. The number of hydrogen-bond donors (Lipinski definition) is 2. The number of nitrogens with zero attached hydrogens (tertiary/aromatic N) is 2. The highest BCUT2D eigenvalue weighted by Crippen LogP contribution is 2.25. The van der Waals surface area contributed by atoms with E-state index in [0.717, 1.165) is 25.6 Å². The van der Waals surface area contributed by atoms with Crippen LogP contribution in [-0.4, -0.2) is 55.6 Å². The Morgan fingerprint density at radius 2 is 1.92 bits per heavy atom. The lowest BCUT2D eigenvalue weighted by atomic mass is 10.1. The molecule has 1 aliphatic rings. The molecule has 0 aromatic heterocycles. The van der Waals surface area contributed by atoms with Crippen molar-refractivity contribution in [2.75, 3.05) is 44.7 Å². The number of halogens is 1. The molecule has 0 bridgehead atoms. The lowest BCUT2D eigenvalue weighted by Crippen LogP contribution is -2.39. The molecule has 1 aliphatic heterocycles. The molecule has 1 aromatic rings. The van der Waals surface area contributed by atoms with E-state index in [1.807, 2.05) is 11.8 Å². The average Bonchev–Trinajstić information content (AvgIpc) is 3.14. The minimum Gasteiger partial charge on any atom is -0.357 e. The molecule has 2 rings (SSSR count). The number of thioether (sulfide) groups is 1. The summed E-state index contributed by atoms with van der Waals surface area (Å²) in [5.41, 5.74) is 1.38. The first kappa shape index (κ1) is 22.6. The van der Waals surface area contributed by atoms with Gasteiger partial charge in [0, 0.05) is 13.1 Å². The highest BCUT2D eigenvalue weighted by atomic mass is 127. The molecule has 0 saturated carbocycles. The fourth-order valence-corrected chi connectivity index (χ4v) is 3.54. The van der Waals surface area contributed by atoms with Crippen molar-refractivity contribution in [1.82, 2.24) is 15.5 Å². The Morgan fingerprint density at radius 1 is 1.20 bits per heavy atom. The van der Waals surface area contributed by atoms with Crippen LogP contribution in [0.5, 0.6) is 0 Å². The van der Waals surface area contributed by atoms with Crippen LogP contribution in [0.25, 0.3) is 0 Å². The van der Waals surface area contributed by atoms with Gasteiger partial charge in [-0.3, -0.25) is 9.89 Å². The number of rotatable bonds is 9. The zero-order valence-corrected chi connectivity index (χ0v) is 18.7. The van der Waals surface area contributed by atoms with Gasteiger partial charge in [0.1, 0.15) is 0 Å². The van der Waals surface area contributed by atoms with Crippen LogP contribution in [0.1, 0.15) is 37.8 Å². The maximum Gasteiger partial charge on any atom is 0.191 e. The second kappa shape index (κ2) is 13.7. The Kier molecular flexibility index (Phi) is 12.4. The van der Waals surface area contributed by atoms with Crippen molar-refractivity contribution in [2.24, 2.45) is 4.99 Å². The molecule has 1 heterocycles. The molecule has 1 saturated heterocycles. The minimum absolute atomic E-state index is 0. The highest BCUT2D eigenvalue weighted by molar-refractivity contribution is 14.0. The lowest BCUT2D eigenvalue weighted by molar-refractivity contribution is 0.251. The molecule has 0 radical (unpaired) electrons. The number of likely N-dealkylation sites (tertiary alicyclic amines) is 1. The van der Waals surface area contributed by atoms with Crippen molar-refractivity contribution in [3.63, 3.8) is 0 Å². The summed E-state index contributed by atoms with van der Waals surface area (Å²) in [5.74, 6) is 2.13. The number of hydrogen-bond acceptors (Lipinski definition) is 3. The van der Waals surface area contributed by atoms with E-state index in [-0.39, 0.29) is 24.0 Å². The standard InChI is InChI=1S/C19H32N4S.HI/c1-3-20-19(21-12-9-15-24-2)22-16-18(23-13-7-8-14-23)17-10-5-4-6-11-17;/h4-6,10-11,18H,3,7-9,12-16H2,1-2H3,(H2,20,21,22);1H. The van der Waals surface area contributed by atoms with Crippen LogP contribution in [0.4, 0.5) is 0 Å². The summed E-state index contributed by atoms with van der Waals surface area (Å²) in [6, 6.07) is 11.2. The quantitative estimate of drug-likeness (QED) is 0.247. The molecule has 1 atom stereocenters. The van der Waals surface area contributed by atoms with E-state index in [1.165, 1.54) is 43.7 Å². The third-order valence-electron chi connectivity index (χ3n) is 4.35. The predicted molar refractivity (Wildman–Crippen MR) is 122 cm³/mol. The first-order valence-electron chi connectivity index (χ1n) is 9.15. The summed E-state index contributed by atoms with van der Waals surface area (Å²) in [6.07, 6.45) is 5.93. The monoisotopic (exact) mass is 476 g/mol.